The molecule has 0 aliphatic heterocycles. The topological polar surface area (TPSA) is 78.9 Å². The molecular weight excluding hydrogens is 961 g/mol. The van der Waals surface area contributed by atoms with Gasteiger partial charge in [0, 0.05) is 19.3 Å². The maximum Gasteiger partial charge on any atom is 0.306 e. The summed E-state index contributed by atoms with van der Waals surface area (Å²) in [7, 11) is 0. The number of allylic oxidation sites excluding steroid dienone is 18. The lowest BCUT2D eigenvalue weighted by Gasteiger charge is -2.18. The van der Waals surface area contributed by atoms with E-state index in [4.69, 9.17) is 14.2 Å². The molecule has 0 aromatic heterocycles. The van der Waals surface area contributed by atoms with E-state index in [9.17, 15) is 14.4 Å². The van der Waals surface area contributed by atoms with E-state index in [0.29, 0.717) is 19.3 Å². The van der Waals surface area contributed by atoms with E-state index in [2.05, 4.69) is 130 Å². The monoisotopic (exact) mass is 1080 g/mol. The normalized spacial score (nSPS) is 12.8. The Labute approximate surface area is 482 Å². The van der Waals surface area contributed by atoms with Gasteiger partial charge in [-0.05, 0) is 103 Å². The van der Waals surface area contributed by atoms with Gasteiger partial charge in [-0.3, -0.25) is 14.4 Å². The molecule has 6 nitrogen and oxygen atoms in total. The molecule has 0 rings (SSSR count). The van der Waals surface area contributed by atoms with Crippen molar-refractivity contribution < 1.29 is 28.6 Å². The molecule has 0 aliphatic rings. The number of ether oxygens (including phenoxy) is 3. The zero-order chi connectivity index (χ0) is 56.4. The van der Waals surface area contributed by atoms with Gasteiger partial charge < -0.3 is 14.2 Å². The van der Waals surface area contributed by atoms with Gasteiger partial charge in [0.2, 0.25) is 0 Å². The van der Waals surface area contributed by atoms with Crippen molar-refractivity contribution in [1.29, 1.82) is 0 Å². The highest BCUT2D eigenvalue weighted by Crippen LogP contribution is 2.17. The van der Waals surface area contributed by atoms with Crippen molar-refractivity contribution in [2.75, 3.05) is 13.2 Å². The molecule has 1 atom stereocenters. The zero-order valence-corrected chi connectivity index (χ0v) is 51.2. The summed E-state index contributed by atoms with van der Waals surface area (Å²) in [6.07, 6.45) is 89.6. The quantitative estimate of drug-likeness (QED) is 0.0261. The molecule has 0 amide bonds. The minimum Gasteiger partial charge on any atom is -0.462 e. The Kier molecular flexibility index (Phi) is 62.3. The number of esters is 3. The minimum absolute atomic E-state index is 0.0895. The standard InChI is InChI=1S/C72H122O6/c1-4-7-10-13-16-19-22-25-28-30-31-32-33-34-35-36-37-38-39-40-41-42-45-47-50-53-56-59-62-65-71(74)77-68-69(67-76-70(73)64-61-58-55-52-49-46-43-27-24-21-18-15-12-9-6-3)78-72(75)66-63-60-57-54-51-48-44-29-26-23-20-17-14-11-8-5-2/h7,9-10,12,16,18-19,21,25,27-28,31-32,34-35,43,49,52,69H,4-6,8,11,13-15,17,20,22-24,26,29-30,33,36-42,44-48,50-51,53-68H2,1-3H3/b10-7-,12-9-,19-16-,21-18-,28-25-,32-31-,35-34-,43-27-,52-49-. The van der Waals surface area contributed by atoms with Crippen LogP contribution in [0, 0.1) is 0 Å². The third-order valence-electron chi connectivity index (χ3n) is 14.0. The lowest BCUT2D eigenvalue weighted by molar-refractivity contribution is -0.167. The molecule has 0 N–H and O–H groups in total. The third kappa shape index (κ3) is 62.9. The molecule has 0 aromatic rings. The van der Waals surface area contributed by atoms with Crippen molar-refractivity contribution in [1.82, 2.24) is 0 Å². The average Bonchev–Trinajstić information content (AvgIpc) is 3.44. The Morgan fingerprint density at radius 3 is 0.808 bits per heavy atom. The van der Waals surface area contributed by atoms with Crippen molar-refractivity contribution in [3.8, 4) is 0 Å². The van der Waals surface area contributed by atoms with Crippen LogP contribution >= 0.6 is 0 Å². The van der Waals surface area contributed by atoms with Crippen LogP contribution in [-0.4, -0.2) is 37.2 Å². The van der Waals surface area contributed by atoms with Gasteiger partial charge >= 0.3 is 17.9 Å². The summed E-state index contributed by atoms with van der Waals surface area (Å²) in [5.74, 6) is -0.922. The van der Waals surface area contributed by atoms with E-state index in [0.717, 1.165) is 116 Å². The highest BCUT2D eigenvalue weighted by molar-refractivity contribution is 5.71. The summed E-state index contributed by atoms with van der Waals surface area (Å²) < 4.78 is 16.9. The fraction of sp³-hybridized carbons (Fsp3) is 0.708. The van der Waals surface area contributed by atoms with Crippen LogP contribution in [0.15, 0.2) is 109 Å². The Morgan fingerprint density at radius 2 is 0.500 bits per heavy atom. The number of carbonyl (C=O) groups excluding carboxylic acids is 3. The van der Waals surface area contributed by atoms with Gasteiger partial charge in [0.25, 0.3) is 0 Å². The molecule has 0 saturated heterocycles. The Hall–Kier alpha value is -3.93. The van der Waals surface area contributed by atoms with E-state index in [-0.39, 0.29) is 31.1 Å². The van der Waals surface area contributed by atoms with Crippen molar-refractivity contribution >= 4 is 17.9 Å². The molecule has 0 saturated carbocycles. The maximum atomic E-state index is 12.9. The predicted octanol–water partition coefficient (Wildman–Crippen LogP) is 22.6. The molecule has 0 spiro atoms. The summed E-state index contributed by atoms with van der Waals surface area (Å²) in [5, 5.41) is 0. The highest BCUT2D eigenvalue weighted by atomic mass is 16.6. The van der Waals surface area contributed by atoms with Crippen LogP contribution in [0.3, 0.4) is 0 Å². The predicted molar refractivity (Wildman–Crippen MR) is 339 cm³/mol. The summed E-state index contributed by atoms with van der Waals surface area (Å²) >= 11 is 0. The fourth-order valence-corrected chi connectivity index (χ4v) is 9.17. The second-order valence-electron chi connectivity index (χ2n) is 21.6. The largest absolute Gasteiger partial charge is 0.462 e. The maximum absolute atomic E-state index is 12.9. The van der Waals surface area contributed by atoms with Crippen molar-refractivity contribution in [2.24, 2.45) is 0 Å². The third-order valence-corrected chi connectivity index (χ3v) is 14.0. The lowest BCUT2D eigenvalue weighted by atomic mass is 10.0. The molecule has 78 heavy (non-hydrogen) atoms. The van der Waals surface area contributed by atoms with Crippen LogP contribution < -0.4 is 0 Å². The molecular formula is C72H122O6. The van der Waals surface area contributed by atoms with Gasteiger partial charge in [0.05, 0.1) is 0 Å². The van der Waals surface area contributed by atoms with Gasteiger partial charge in [0.1, 0.15) is 13.2 Å². The molecule has 0 fully saturated rings. The summed E-state index contributed by atoms with van der Waals surface area (Å²) in [4.78, 5) is 38.3. The van der Waals surface area contributed by atoms with Crippen LogP contribution in [0.1, 0.15) is 310 Å². The smallest absolute Gasteiger partial charge is 0.306 e. The number of hydrogen-bond acceptors (Lipinski definition) is 6. The van der Waals surface area contributed by atoms with Gasteiger partial charge in [-0.2, -0.15) is 0 Å². The minimum atomic E-state index is -0.795. The second-order valence-corrected chi connectivity index (χ2v) is 21.6. The molecule has 1 unspecified atom stereocenters. The van der Waals surface area contributed by atoms with Crippen LogP contribution in [0.2, 0.25) is 0 Å². The van der Waals surface area contributed by atoms with Crippen LogP contribution in [0.25, 0.3) is 0 Å². The fourth-order valence-electron chi connectivity index (χ4n) is 9.17. The Balaban J connectivity index is 4.30. The highest BCUT2D eigenvalue weighted by Gasteiger charge is 2.19. The Morgan fingerprint density at radius 1 is 0.269 bits per heavy atom. The number of rotatable bonds is 59. The molecule has 0 aromatic carbocycles. The SMILES string of the molecule is CC/C=C\C/C=C\C/C=C\C/C=C\C/C=C\CCCCCCCCCCCCCCCC(=O)OCC(COC(=O)CCCC/C=C\C/C=C\C/C=C\C/C=C\CC)OC(=O)CCCCCCCCCCCCCCCCCC. The number of hydrogen-bond donors (Lipinski definition) is 0. The van der Waals surface area contributed by atoms with E-state index in [1.165, 1.54) is 154 Å². The first-order valence-electron chi connectivity index (χ1n) is 32.9. The van der Waals surface area contributed by atoms with E-state index in [1.54, 1.807) is 0 Å². The molecule has 0 aliphatic carbocycles. The number of unbranched alkanes of at least 4 members (excludes halogenated alkanes) is 30. The van der Waals surface area contributed by atoms with E-state index < -0.39 is 6.10 Å². The van der Waals surface area contributed by atoms with Crippen molar-refractivity contribution in [3.05, 3.63) is 109 Å². The first-order valence-corrected chi connectivity index (χ1v) is 32.9. The summed E-state index contributed by atoms with van der Waals surface area (Å²) in [5.41, 5.74) is 0. The average molecular weight is 1080 g/mol. The van der Waals surface area contributed by atoms with Crippen molar-refractivity contribution in [2.45, 2.75) is 316 Å². The van der Waals surface area contributed by atoms with Crippen LogP contribution in [-0.2, 0) is 28.6 Å². The summed E-state index contributed by atoms with van der Waals surface area (Å²) in [6.45, 7) is 6.41. The number of carbonyl (C=O) groups is 3. The van der Waals surface area contributed by atoms with E-state index >= 15 is 0 Å². The van der Waals surface area contributed by atoms with E-state index in [1.807, 2.05) is 0 Å². The molecule has 0 radical (unpaired) electrons. The second kappa shape index (κ2) is 65.6. The Bertz CT molecular complexity index is 1570. The van der Waals surface area contributed by atoms with Gasteiger partial charge in [-0.1, -0.05) is 297 Å². The van der Waals surface area contributed by atoms with Crippen LogP contribution in [0.5, 0.6) is 0 Å². The van der Waals surface area contributed by atoms with Crippen LogP contribution in [0.4, 0.5) is 0 Å². The van der Waals surface area contributed by atoms with Gasteiger partial charge in [-0.25, -0.2) is 0 Å². The lowest BCUT2D eigenvalue weighted by Crippen LogP contribution is -2.30. The molecule has 6 heteroatoms. The van der Waals surface area contributed by atoms with Crippen molar-refractivity contribution in [3.63, 3.8) is 0 Å². The molecule has 0 heterocycles. The van der Waals surface area contributed by atoms with Gasteiger partial charge in [-0.15, -0.1) is 0 Å². The summed E-state index contributed by atoms with van der Waals surface area (Å²) in [6, 6.07) is 0. The molecule has 0 bridgehead atoms. The first-order chi connectivity index (χ1) is 38.5. The molecule has 446 valence electrons. The zero-order valence-electron chi connectivity index (χ0n) is 51.2. The first kappa shape index (κ1) is 74.1. The van der Waals surface area contributed by atoms with Gasteiger partial charge in [0.15, 0.2) is 6.10 Å².